The lowest BCUT2D eigenvalue weighted by Gasteiger charge is -2.02. The molecular weight excluding hydrogens is 128 g/mol. The fourth-order valence-corrected chi connectivity index (χ4v) is 0.584. The van der Waals surface area contributed by atoms with Gasteiger partial charge in [0.1, 0.15) is 6.61 Å². The molecule has 0 aliphatic heterocycles. The van der Waals surface area contributed by atoms with Crippen LogP contribution in [-0.4, -0.2) is 12.6 Å². The molecule has 0 aromatic carbocycles. The summed E-state index contributed by atoms with van der Waals surface area (Å²) < 4.78 is 4.78. The van der Waals surface area contributed by atoms with E-state index in [1.165, 1.54) is 6.92 Å². The van der Waals surface area contributed by atoms with E-state index in [-0.39, 0.29) is 5.97 Å². The fourth-order valence-electron chi connectivity index (χ4n) is 0.584. The highest BCUT2D eigenvalue weighted by atomic mass is 16.5. The Bertz CT molecular complexity index is 136. The summed E-state index contributed by atoms with van der Waals surface area (Å²) in [6.07, 6.45) is 2.92. The van der Waals surface area contributed by atoms with Crippen LogP contribution in [0.2, 0.25) is 0 Å². The van der Waals surface area contributed by atoms with Gasteiger partial charge in [-0.3, -0.25) is 4.79 Å². The lowest BCUT2D eigenvalue weighted by Crippen LogP contribution is -2.02. The largest absolute Gasteiger partial charge is 0.461 e. The number of hydrogen-bond donors (Lipinski definition) is 0. The molecule has 2 heteroatoms. The van der Waals surface area contributed by atoms with Crippen LogP contribution in [0.15, 0.2) is 11.6 Å². The van der Waals surface area contributed by atoms with Crippen LogP contribution < -0.4 is 0 Å². The summed E-state index contributed by atoms with van der Waals surface area (Å²) in [5.74, 6) is -0.215. The first-order valence-corrected chi connectivity index (χ1v) is 3.48. The van der Waals surface area contributed by atoms with E-state index in [2.05, 4.69) is 0 Å². The smallest absolute Gasteiger partial charge is 0.302 e. The molecule has 0 aliphatic carbocycles. The third kappa shape index (κ3) is 4.13. The molecule has 0 saturated carbocycles. The molecule has 0 fully saturated rings. The summed E-state index contributed by atoms with van der Waals surface area (Å²) in [6, 6.07) is 0. The molecule has 0 rings (SSSR count). The molecule has 10 heavy (non-hydrogen) atoms. The Balaban J connectivity index is 3.56. The minimum atomic E-state index is -0.215. The highest BCUT2D eigenvalue weighted by Gasteiger charge is 1.94. The van der Waals surface area contributed by atoms with Gasteiger partial charge in [0.05, 0.1) is 0 Å². The van der Waals surface area contributed by atoms with Crippen LogP contribution in [-0.2, 0) is 9.53 Å². The number of carbonyl (C=O) groups is 1. The summed E-state index contributed by atoms with van der Waals surface area (Å²) in [7, 11) is 0. The lowest BCUT2D eigenvalue weighted by molar-refractivity contribution is -0.140. The molecule has 0 saturated heterocycles. The number of carbonyl (C=O) groups excluding carboxylic acids is 1. The minimum Gasteiger partial charge on any atom is -0.461 e. The Labute approximate surface area is 61.9 Å². The van der Waals surface area contributed by atoms with Crippen molar-refractivity contribution in [1.29, 1.82) is 0 Å². The predicted octanol–water partition coefficient (Wildman–Crippen LogP) is 1.91. The van der Waals surface area contributed by atoms with Gasteiger partial charge in [0, 0.05) is 6.92 Å². The third-order valence-corrected chi connectivity index (χ3v) is 1.32. The topological polar surface area (TPSA) is 26.3 Å². The molecule has 0 aromatic heterocycles. The SMILES string of the molecule is CC=C(CC)COC(C)=O. The zero-order chi connectivity index (χ0) is 7.98. The van der Waals surface area contributed by atoms with Gasteiger partial charge in [-0.2, -0.15) is 0 Å². The summed E-state index contributed by atoms with van der Waals surface area (Å²) in [6.45, 7) is 5.85. The highest BCUT2D eigenvalue weighted by molar-refractivity contribution is 5.66. The van der Waals surface area contributed by atoms with Gasteiger partial charge >= 0.3 is 5.97 Å². The first-order chi connectivity index (χ1) is 4.70. The van der Waals surface area contributed by atoms with Crippen molar-refractivity contribution in [3.05, 3.63) is 11.6 Å². The van der Waals surface area contributed by atoms with Crippen molar-refractivity contribution in [2.45, 2.75) is 27.2 Å². The van der Waals surface area contributed by atoms with Gasteiger partial charge in [-0.25, -0.2) is 0 Å². The van der Waals surface area contributed by atoms with Gasteiger partial charge < -0.3 is 4.74 Å². The number of rotatable bonds is 3. The van der Waals surface area contributed by atoms with Crippen molar-refractivity contribution in [2.75, 3.05) is 6.61 Å². The van der Waals surface area contributed by atoms with Crippen LogP contribution >= 0.6 is 0 Å². The number of ether oxygens (including phenoxy) is 1. The summed E-state index contributed by atoms with van der Waals surface area (Å²) in [4.78, 5) is 10.3. The van der Waals surface area contributed by atoms with Gasteiger partial charge in [0.2, 0.25) is 0 Å². The van der Waals surface area contributed by atoms with E-state index < -0.39 is 0 Å². The van der Waals surface area contributed by atoms with Crippen molar-refractivity contribution < 1.29 is 9.53 Å². The summed E-state index contributed by atoms with van der Waals surface area (Å²) in [5, 5.41) is 0. The molecule has 0 heterocycles. The number of hydrogen-bond acceptors (Lipinski definition) is 2. The molecule has 0 radical (unpaired) electrons. The predicted molar refractivity (Wildman–Crippen MR) is 40.7 cm³/mol. The second-order valence-electron chi connectivity index (χ2n) is 2.08. The molecular formula is C8H14O2. The maximum atomic E-state index is 10.3. The van der Waals surface area contributed by atoms with E-state index in [9.17, 15) is 4.79 Å². The summed E-state index contributed by atoms with van der Waals surface area (Å²) >= 11 is 0. The quantitative estimate of drug-likeness (QED) is 0.444. The Morgan fingerprint density at radius 1 is 1.60 bits per heavy atom. The average molecular weight is 142 g/mol. The maximum Gasteiger partial charge on any atom is 0.302 e. The highest BCUT2D eigenvalue weighted by Crippen LogP contribution is 1.99. The summed E-state index contributed by atoms with van der Waals surface area (Å²) in [5.41, 5.74) is 1.16. The normalized spacial score (nSPS) is 11.3. The molecule has 0 spiro atoms. The molecule has 0 N–H and O–H groups in total. The zero-order valence-corrected chi connectivity index (χ0v) is 6.81. The molecule has 0 bridgehead atoms. The van der Waals surface area contributed by atoms with Crippen molar-refractivity contribution >= 4 is 5.97 Å². The van der Waals surface area contributed by atoms with Crippen molar-refractivity contribution in [1.82, 2.24) is 0 Å². The second-order valence-corrected chi connectivity index (χ2v) is 2.08. The molecule has 58 valence electrons. The van der Waals surface area contributed by atoms with E-state index in [0.29, 0.717) is 6.61 Å². The van der Waals surface area contributed by atoms with E-state index in [1.807, 2.05) is 19.9 Å². The number of esters is 1. The van der Waals surface area contributed by atoms with E-state index in [0.717, 1.165) is 12.0 Å². The van der Waals surface area contributed by atoms with Crippen LogP contribution in [0.1, 0.15) is 27.2 Å². The van der Waals surface area contributed by atoms with Crippen molar-refractivity contribution in [3.8, 4) is 0 Å². The van der Waals surface area contributed by atoms with Crippen LogP contribution in [0.3, 0.4) is 0 Å². The Morgan fingerprint density at radius 3 is 2.50 bits per heavy atom. The van der Waals surface area contributed by atoms with E-state index >= 15 is 0 Å². The number of allylic oxidation sites excluding steroid dienone is 1. The molecule has 0 unspecified atom stereocenters. The third-order valence-electron chi connectivity index (χ3n) is 1.32. The van der Waals surface area contributed by atoms with Crippen molar-refractivity contribution in [3.63, 3.8) is 0 Å². The first-order valence-electron chi connectivity index (χ1n) is 3.48. The van der Waals surface area contributed by atoms with Gasteiger partial charge in [-0.15, -0.1) is 0 Å². The lowest BCUT2D eigenvalue weighted by atomic mass is 10.2. The minimum absolute atomic E-state index is 0.215. The van der Waals surface area contributed by atoms with Gasteiger partial charge in [0.15, 0.2) is 0 Å². The van der Waals surface area contributed by atoms with Gasteiger partial charge in [-0.1, -0.05) is 13.0 Å². The maximum absolute atomic E-state index is 10.3. The molecule has 0 amide bonds. The molecule has 0 atom stereocenters. The molecule has 0 aliphatic rings. The average Bonchev–Trinajstić information content (AvgIpc) is 1.90. The van der Waals surface area contributed by atoms with Gasteiger partial charge in [0.25, 0.3) is 0 Å². The molecule has 0 aromatic rings. The Kier molecular flexibility index (Phi) is 4.63. The molecule has 2 nitrogen and oxygen atoms in total. The van der Waals surface area contributed by atoms with E-state index in [4.69, 9.17) is 4.74 Å². The van der Waals surface area contributed by atoms with Crippen molar-refractivity contribution in [2.24, 2.45) is 0 Å². The Morgan fingerprint density at radius 2 is 2.20 bits per heavy atom. The second kappa shape index (κ2) is 5.03. The first kappa shape index (κ1) is 9.21. The van der Waals surface area contributed by atoms with E-state index in [1.54, 1.807) is 0 Å². The van der Waals surface area contributed by atoms with Crippen LogP contribution in [0.25, 0.3) is 0 Å². The monoisotopic (exact) mass is 142 g/mol. The fraction of sp³-hybridized carbons (Fsp3) is 0.625. The zero-order valence-electron chi connectivity index (χ0n) is 6.81. The standard InChI is InChI=1S/C8H14O2/c1-4-8(5-2)6-10-7(3)9/h4H,5-6H2,1-3H3. The van der Waals surface area contributed by atoms with Crippen LogP contribution in [0.4, 0.5) is 0 Å². The van der Waals surface area contributed by atoms with Crippen LogP contribution in [0, 0.1) is 0 Å². The van der Waals surface area contributed by atoms with Gasteiger partial charge in [-0.05, 0) is 18.9 Å². The van der Waals surface area contributed by atoms with Crippen LogP contribution in [0.5, 0.6) is 0 Å². The Hall–Kier alpha value is -0.790.